The molecule has 29 heavy (non-hydrogen) atoms. The summed E-state index contributed by atoms with van der Waals surface area (Å²) >= 11 is 1.49. The van der Waals surface area contributed by atoms with E-state index in [1.54, 1.807) is 25.1 Å². The van der Waals surface area contributed by atoms with Crippen molar-refractivity contribution in [2.24, 2.45) is 5.92 Å². The van der Waals surface area contributed by atoms with Crippen LogP contribution in [0.3, 0.4) is 0 Å². The first-order valence-corrected chi connectivity index (χ1v) is 10.6. The quantitative estimate of drug-likeness (QED) is 0.645. The normalized spacial score (nSPS) is 15.2. The number of hydrazine groups is 1. The number of hydrogen-bond donors (Lipinski definition) is 3. The predicted molar refractivity (Wildman–Crippen MR) is 112 cm³/mol. The lowest BCUT2D eigenvalue weighted by Gasteiger charge is -2.19. The van der Waals surface area contributed by atoms with Crippen molar-refractivity contribution >= 4 is 34.9 Å². The summed E-state index contributed by atoms with van der Waals surface area (Å²) < 4.78 is 4.82. The van der Waals surface area contributed by atoms with Crippen LogP contribution >= 0.6 is 11.3 Å². The molecule has 0 radical (unpaired) electrons. The van der Waals surface area contributed by atoms with E-state index in [-0.39, 0.29) is 12.5 Å². The van der Waals surface area contributed by atoms with Crippen LogP contribution in [-0.2, 0) is 17.6 Å². The van der Waals surface area contributed by atoms with Gasteiger partial charge in [-0.25, -0.2) is 4.79 Å². The number of ether oxygens (including phenoxy) is 1. The van der Waals surface area contributed by atoms with Gasteiger partial charge in [0.1, 0.15) is 0 Å². The van der Waals surface area contributed by atoms with Gasteiger partial charge in [0, 0.05) is 16.1 Å². The molecule has 3 amide bonds. The molecule has 0 bridgehead atoms. The molecule has 0 saturated carbocycles. The zero-order chi connectivity index (χ0) is 20.8. The molecule has 1 aliphatic carbocycles. The average molecular weight is 416 g/mol. The summed E-state index contributed by atoms with van der Waals surface area (Å²) in [5, 5.41) is 2.54. The van der Waals surface area contributed by atoms with Gasteiger partial charge in [-0.1, -0.05) is 19.4 Å². The standard InChI is InChI=1S/C21H25N3O4S/c1-3-13-8-9-17-15(10-13)12-18(29-17)20(26)24-23-19(25)14-6-5-7-16(11-14)22-21(27)28-4-2/h5-7,11-13H,3-4,8-10H2,1-2H3,(H,22,27)(H,23,25)(H,24,26)/t13-/m0/s1. The third-order valence-corrected chi connectivity index (χ3v) is 6.16. The van der Waals surface area contributed by atoms with Crippen LogP contribution in [0.2, 0.25) is 0 Å². The maximum Gasteiger partial charge on any atom is 0.411 e. The van der Waals surface area contributed by atoms with Crippen LogP contribution in [0.4, 0.5) is 10.5 Å². The smallest absolute Gasteiger partial charge is 0.411 e. The highest BCUT2D eigenvalue weighted by Crippen LogP contribution is 2.33. The molecule has 2 aromatic rings. The second-order valence-electron chi connectivity index (χ2n) is 6.91. The summed E-state index contributed by atoms with van der Waals surface area (Å²) in [6.07, 6.45) is 3.75. The molecule has 0 unspecified atom stereocenters. The molecule has 0 saturated heterocycles. The van der Waals surface area contributed by atoms with Crippen LogP contribution in [-0.4, -0.2) is 24.5 Å². The maximum absolute atomic E-state index is 12.4. The molecule has 1 aromatic heterocycles. The van der Waals surface area contributed by atoms with Crippen molar-refractivity contribution in [3.05, 3.63) is 51.2 Å². The molecule has 1 atom stereocenters. The minimum Gasteiger partial charge on any atom is -0.450 e. The van der Waals surface area contributed by atoms with Gasteiger partial charge in [-0.2, -0.15) is 0 Å². The number of anilines is 1. The first kappa shape index (κ1) is 20.9. The summed E-state index contributed by atoms with van der Waals surface area (Å²) in [6, 6.07) is 8.31. The third-order valence-electron chi connectivity index (χ3n) is 4.92. The van der Waals surface area contributed by atoms with Crippen LogP contribution in [0.5, 0.6) is 0 Å². The average Bonchev–Trinajstić information content (AvgIpc) is 3.15. The van der Waals surface area contributed by atoms with E-state index in [2.05, 4.69) is 23.1 Å². The molecule has 1 heterocycles. The van der Waals surface area contributed by atoms with Crippen LogP contribution in [0, 0.1) is 5.92 Å². The van der Waals surface area contributed by atoms with E-state index in [0.29, 0.717) is 22.0 Å². The Balaban J connectivity index is 1.57. The largest absolute Gasteiger partial charge is 0.450 e. The van der Waals surface area contributed by atoms with Crippen molar-refractivity contribution in [3.63, 3.8) is 0 Å². The molecule has 8 heteroatoms. The Morgan fingerprint density at radius 3 is 2.69 bits per heavy atom. The second kappa shape index (κ2) is 9.56. The van der Waals surface area contributed by atoms with Crippen LogP contribution in [0.25, 0.3) is 0 Å². The number of thiophene rings is 1. The summed E-state index contributed by atoms with van der Waals surface area (Å²) in [4.78, 5) is 38.2. The molecule has 154 valence electrons. The van der Waals surface area contributed by atoms with E-state index in [1.807, 2.05) is 6.07 Å². The van der Waals surface area contributed by atoms with Gasteiger partial charge in [-0.05, 0) is 61.9 Å². The van der Waals surface area contributed by atoms with Crippen LogP contribution < -0.4 is 16.2 Å². The van der Waals surface area contributed by atoms with E-state index in [9.17, 15) is 14.4 Å². The molecule has 0 fully saturated rings. The number of hydrogen-bond acceptors (Lipinski definition) is 5. The van der Waals surface area contributed by atoms with Crippen LogP contribution in [0.1, 0.15) is 57.2 Å². The first-order valence-electron chi connectivity index (χ1n) is 9.76. The number of fused-ring (bicyclic) bond motifs is 1. The van der Waals surface area contributed by atoms with Crippen molar-refractivity contribution in [1.82, 2.24) is 10.9 Å². The van der Waals surface area contributed by atoms with Crippen molar-refractivity contribution in [3.8, 4) is 0 Å². The van der Waals surface area contributed by atoms with Crippen molar-refractivity contribution in [2.75, 3.05) is 11.9 Å². The fourth-order valence-corrected chi connectivity index (χ4v) is 4.43. The second-order valence-corrected chi connectivity index (χ2v) is 8.05. The molecule has 3 N–H and O–H groups in total. The van der Waals surface area contributed by atoms with Gasteiger partial charge in [0.15, 0.2) is 0 Å². The molecule has 7 nitrogen and oxygen atoms in total. The molecular weight excluding hydrogens is 390 g/mol. The Kier molecular flexibility index (Phi) is 6.87. The highest BCUT2D eigenvalue weighted by molar-refractivity contribution is 7.14. The minimum atomic E-state index is -0.592. The molecule has 1 aliphatic rings. The number of rotatable bonds is 5. The van der Waals surface area contributed by atoms with Crippen molar-refractivity contribution in [2.45, 2.75) is 39.5 Å². The number of aryl methyl sites for hydroxylation is 1. The van der Waals surface area contributed by atoms with Crippen LogP contribution in [0.15, 0.2) is 30.3 Å². The van der Waals surface area contributed by atoms with Gasteiger partial charge in [0.05, 0.1) is 11.5 Å². The third kappa shape index (κ3) is 5.35. The summed E-state index contributed by atoms with van der Waals surface area (Å²) in [7, 11) is 0. The monoisotopic (exact) mass is 415 g/mol. The Morgan fingerprint density at radius 2 is 1.93 bits per heavy atom. The van der Waals surface area contributed by atoms with E-state index in [0.717, 1.165) is 25.7 Å². The summed E-state index contributed by atoms with van der Waals surface area (Å²) in [5.74, 6) is -0.118. The highest BCUT2D eigenvalue weighted by Gasteiger charge is 2.22. The van der Waals surface area contributed by atoms with Crippen molar-refractivity contribution in [1.29, 1.82) is 0 Å². The van der Waals surface area contributed by atoms with Crippen molar-refractivity contribution < 1.29 is 19.1 Å². The Labute approximate surface area is 173 Å². The van der Waals surface area contributed by atoms with Gasteiger partial charge in [-0.15, -0.1) is 11.3 Å². The van der Waals surface area contributed by atoms with Gasteiger partial charge in [0.2, 0.25) is 0 Å². The number of carbonyl (C=O) groups is 3. The zero-order valence-corrected chi connectivity index (χ0v) is 17.4. The lowest BCUT2D eigenvalue weighted by molar-refractivity contribution is 0.0849. The molecular formula is C21H25N3O4S. The number of amides is 3. The lowest BCUT2D eigenvalue weighted by Crippen LogP contribution is -2.41. The SMILES string of the molecule is CCOC(=O)Nc1cccc(C(=O)NNC(=O)c2cc3c(s2)CC[C@H](CC)C3)c1. The highest BCUT2D eigenvalue weighted by atomic mass is 32.1. The fourth-order valence-electron chi connectivity index (χ4n) is 3.33. The zero-order valence-electron chi connectivity index (χ0n) is 16.5. The maximum atomic E-state index is 12.4. The molecule has 0 aliphatic heterocycles. The summed E-state index contributed by atoms with van der Waals surface area (Å²) in [6.45, 7) is 4.16. The number of nitrogens with one attached hydrogen (secondary N) is 3. The molecule has 3 rings (SSSR count). The molecule has 1 aromatic carbocycles. The Bertz CT molecular complexity index is 909. The Hall–Kier alpha value is -2.87. The van der Waals surface area contributed by atoms with E-state index < -0.39 is 12.0 Å². The van der Waals surface area contributed by atoms with E-state index >= 15 is 0 Å². The Morgan fingerprint density at radius 1 is 1.14 bits per heavy atom. The van der Waals surface area contributed by atoms with Gasteiger partial charge < -0.3 is 4.74 Å². The lowest BCUT2D eigenvalue weighted by atomic mass is 9.87. The topological polar surface area (TPSA) is 96.5 Å². The summed E-state index contributed by atoms with van der Waals surface area (Å²) in [5.41, 5.74) is 6.88. The number of carbonyl (C=O) groups excluding carboxylic acids is 3. The van der Waals surface area contributed by atoms with Gasteiger partial charge in [-0.3, -0.25) is 25.8 Å². The van der Waals surface area contributed by atoms with E-state index in [4.69, 9.17) is 4.74 Å². The number of benzene rings is 1. The minimum absolute atomic E-state index is 0.253. The van der Waals surface area contributed by atoms with Gasteiger partial charge >= 0.3 is 6.09 Å². The van der Waals surface area contributed by atoms with E-state index in [1.165, 1.54) is 27.8 Å². The first-order chi connectivity index (χ1) is 14.0. The predicted octanol–water partition coefficient (Wildman–Crippen LogP) is 3.91. The molecule has 0 spiro atoms. The fraction of sp³-hybridized carbons (Fsp3) is 0.381. The van der Waals surface area contributed by atoms with Gasteiger partial charge in [0.25, 0.3) is 11.8 Å².